The molecule has 7 heteroatoms. The van der Waals surface area contributed by atoms with E-state index in [0.717, 1.165) is 31.0 Å². The Hall–Kier alpha value is -1.73. The minimum absolute atomic E-state index is 0.210. The van der Waals surface area contributed by atoms with Crippen LogP contribution < -0.4 is 0 Å². The quantitative estimate of drug-likeness (QED) is 0.852. The fourth-order valence-corrected chi connectivity index (χ4v) is 4.76. The minimum atomic E-state index is -4.30. The smallest absolute Gasteiger partial charge is 0.249 e. The first-order valence-corrected chi connectivity index (χ1v) is 8.95. The Morgan fingerprint density at radius 3 is 2.43 bits per heavy atom. The van der Waals surface area contributed by atoms with Crippen LogP contribution in [0.4, 0.5) is 8.78 Å². The number of furan rings is 1. The van der Waals surface area contributed by atoms with Crippen LogP contribution in [0.1, 0.15) is 37.5 Å². The number of nitrogens with zero attached hydrogens (tertiary/aromatic N) is 1. The van der Waals surface area contributed by atoms with Crippen LogP contribution in [-0.2, 0) is 10.0 Å². The van der Waals surface area contributed by atoms with Gasteiger partial charge < -0.3 is 4.42 Å². The third kappa shape index (κ3) is 3.03. The van der Waals surface area contributed by atoms with Gasteiger partial charge in [0.05, 0.1) is 12.3 Å². The molecule has 1 saturated heterocycles. The molecule has 1 fully saturated rings. The maximum atomic E-state index is 14.0. The van der Waals surface area contributed by atoms with Gasteiger partial charge in [-0.1, -0.05) is 18.9 Å². The van der Waals surface area contributed by atoms with Crippen molar-refractivity contribution in [3.8, 4) is 0 Å². The van der Waals surface area contributed by atoms with E-state index in [-0.39, 0.29) is 6.54 Å². The Morgan fingerprint density at radius 2 is 1.78 bits per heavy atom. The molecule has 1 aromatic heterocycles. The van der Waals surface area contributed by atoms with Gasteiger partial charge in [-0.3, -0.25) is 0 Å². The normalized spacial score (nSPS) is 20.3. The number of halogens is 2. The van der Waals surface area contributed by atoms with E-state index in [1.807, 2.05) is 0 Å². The van der Waals surface area contributed by atoms with E-state index < -0.39 is 32.6 Å². The van der Waals surface area contributed by atoms with Gasteiger partial charge in [0, 0.05) is 6.54 Å². The number of rotatable bonds is 3. The Kier molecular flexibility index (Phi) is 4.50. The first-order valence-electron chi connectivity index (χ1n) is 7.51. The lowest BCUT2D eigenvalue weighted by Gasteiger charge is -2.28. The molecule has 0 N–H and O–H groups in total. The third-order valence-corrected chi connectivity index (χ3v) is 6.02. The molecule has 0 radical (unpaired) electrons. The molecule has 1 unspecified atom stereocenters. The standard InChI is InChI=1S/C16H17F2NO3S/c17-12-6-4-7-13(18)16(12)23(20,21)19-10-3-1-2-8-14(19)15-9-5-11-22-15/h4-7,9,11,14H,1-3,8,10H2. The number of sulfonamides is 1. The summed E-state index contributed by atoms with van der Waals surface area (Å²) in [5, 5.41) is 0. The van der Waals surface area contributed by atoms with Crippen LogP contribution in [0, 0.1) is 11.6 Å². The highest BCUT2D eigenvalue weighted by molar-refractivity contribution is 7.89. The summed E-state index contributed by atoms with van der Waals surface area (Å²) in [5.74, 6) is -1.66. The van der Waals surface area contributed by atoms with E-state index in [9.17, 15) is 17.2 Å². The van der Waals surface area contributed by atoms with E-state index in [0.29, 0.717) is 18.6 Å². The van der Waals surface area contributed by atoms with Crippen LogP contribution in [0.25, 0.3) is 0 Å². The van der Waals surface area contributed by atoms with Gasteiger partial charge in [0.1, 0.15) is 17.4 Å². The Balaban J connectivity index is 2.08. The molecule has 0 spiro atoms. The van der Waals surface area contributed by atoms with Crippen LogP contribution in [0.3, 0.4) is 0 Å². The van der Waals surface area contributed by atoms with Gasteiger partial charge in [0.25, 0.3) is 0 Å². The first kappa shape index (κ1) is 16.1. The minimum Gasteiger partial charge on any atom is -0.468 e. The van der Waals surface area contributed by atoms with Crippen molar-refractivity contribution in [3.63, 3.8) is 0 Å². The lowest BCUT2D eigenvalue weighted by atomic mass is 10.1. The Labute approximate surface area is 133 Å². The van der Waals surface area contributed by atoms with Crippen LogP contribution in [0.5, 0.6) is 0 Å². The molecule has 2 heterocycles. The molecule has 1 aliphatic rings. The van der Waals surface area contributed by atoms with Crippen LogP contribution in [0.2, 0.25) is 0 Å². The van der Waals surface area contributed by atoms with E-state index in [1.54, 1.807) is 12.1 Å². The second kappa shape index (κ2) is 6.41. The average molecular weight is 341 g/mol. The molecule has 4 nitrogen and oxygen atoms in total. The molecule has 0 saturated carbocycles. The van der Waals surface area contributed by atoms with Crippen LogP contribution in [0.15, 0.2) is 45.9 Å². The molecule has 1 aromatic carbocycles. The molecular formula is C16H17F2NO3S. The largest absolute Gasteiger partial charge is 0.468 e. The SMILES string of the molecule is O=S(=O)(c1c(F)cccc1F)N1CCCCCC1c1ccco1. The third-order valence-electron chi connectivity index (χ3n) is 4.06. The molecule has 1 atom stereocenters. The highest BCUT2D eigenvalue weighted by Gasteiger charge is 2.37. The summed E-state index contributed by atoms with van der Waals surface area (Å²) >= 11 is 0. The van der Waals surface area contributed by atoms with Gasteiger partial charge >= 0.3 is 0 Å². The lowest BCUT2D eigenvalue weighted by molar-refractivity contribution is 0.283. The summed E-state index contributed by atoms with van der Waals surface area (Å²) in [4.78, 5) is -0.890. The topological polar surface area (TPSA) is 50.5 Å². The molecule has 0 aliphatic carbocycles. The molecule has 2 aromatic rings. The van der Waals surface area contributed by atoms with Gasteiger partial charge in [-0.2, -0.15) is 4.31 Å². The first-order chi connectivity index (χ1) is 11.0. The zero-order valence-corrected chi connectivity index (χ0v) is 13.2. The van der Waals surface area contributed by atoms with Gasteiger partial charge in [0.2, 0.25) is 10.0 Å². The van der Waals surface area contributed by atoms with Gasteiger partial charge in [-0.25, -0.2) is 17.2 Å². The number of benzene rings is 1. The summed E-state index contributed by atoms with van der Waals surface area (Å²) in [6, 6.07) is 5.88. The van der Waals surface area contributed by atoms with Crippen molar-refractivity contribution in [2.75, 3.05) is 6.54 Å². The summed E-state index contributed by atoms with van der Waals surface area (Å²) in [6.07, 6.45) is 4.37. The molecule has 0 amide bonds. The fourth-order valence-electron chi connectivity index (χ4n) is 2.98. The monoisotopic (exact) mass is 341 g/mol. The van der Waals surface area contributed by atoms with Crippen molar-refractivity contribution >= 4 is 10.0 Å². The molecule has 1 aliphatic heterocycles. The molecular weight excluding hydrogens is 324 g/mol. The van der Waals surface area contributed by atoms with E-state index in [2.05, 4.69) is 0 Å². The average Bonchev–Trinajstić information content (AvgIpc) is 2.90. The van der Waals surface area contributed by atoms with Crippen molar-refractivity contribution < 1.29 is 21.6 Å². The second-order valence-corrected chi connectivity index (χ2v) is 7.37. The maximum absolute atomic E-state index is 14.0. The van der Waals surface area contributed by atoms with E-state index in [4.69, 9.17) is 4.42 Å². The molecule has 23 heavy (non-hydrogen) atoms. The summed E-state index contributed by atoms with van der Waals surface area (Å²) in [7, 11) is -4.30. The Morgan fingerprint density at radius 1 is 1.04 bits per heavy atom. The van der Waals surface area contributed by atoms with Crippen molar-refractivity contribution in [2.45, 2.75) is 36.6 Å². The van der Waals surface area contributed by atoms with Gasteiger partial charge in [-0.05, 0) is 37.1 Å². The zero-order chi connectivity index (χ0) is 16.4. The maximum Gasteiger partial charge on any atom is 0.249 e. The second-order valence-electron chi connectivity index (χ2n) is 5.55. The van der Waals surface area contributed by atoms with E-state index in [1.165, 1.54) is 10.6 Å². The van der Waals surface area contributed by atoms with Crippen LogP contribution in [-0.4, -0.2) is 19.3 Å². The summed E-state index contributed by atoms with van der Waals surface area (Å²) < 4.78 is 60.3. The van der Waals surface area contributed by atoms with Gasteiger partial charge in [0.15, 0.2) is 4.90 Å². The summed E-state index contributed by atoms with van der Waals surface area (Å²) in [5.41, 5.74) is 0. The van der Waals surface area contributed by atoms with E-state index >= 15 is 0 Å². The van der Waals surface area contributed by atoms with Crippen molar-refractivity contribution in [1.82, 2.24) is 4.31 Å². The predicted molar refractivity (Wildman–Crippen MR) is 80.2 cm³/mol. The number of hydrogen-bond acceptors (Lipinski definition) is 3. The highest BCUT2D eigenvalue weighted by atomic mass is 32.2. The van der Waals surface area contributed by atoms with Gasteiger partial charge in [-0.15, -0.1) is 0 Å². The van der Waals surface area contributed by atoms with Crippen molar-refractivity contribution in [1.29, 1.82) is 0 Å². The summed E-state index contributed by atoms with van der Waals surface area (Å²) in [6.45, 7) is 0.210. The van der Waals surface area contributed by atoms with Crippen LogP contribution >= 0.6 is 0 Å². The fraction of sp³-hybridized carbons (Fsp3) is 0.375. The lowest BCUT2D eigenvalue weighted by Crippen LogP contribution is -2.35. The molecule has 124 valence electrons. The Bertz CT molecular complexity index is 754. The molecule has 3 rings (SSSR count). The predicted octanol–water partition coefficient (Wildman–Crippen LogP) is 3.86. The molecule has 0 bridgehead atoms. The van der Waals surface area contributed by atoms with Crippen molar-refractivity contribution in [3.05, 3.63) is 54.0 Å². The number of hydrogen-bond donors (Lipinski definition) is 0. The van der Waals surface area contributed by atoms with Crippen molar-refractivity contribution in [2.24, 2.45) is 0 Å². The zero-order valence-electron chi connectivity index (χ0n) is 12.4. The highest BCUT2D eigenvalue weighted by Crippen LogP contribution is 2.36.